The van der Waals surface area contributed by atoms with Gasteiger partial charge < -0.3 is 10.2 Å². The van der Waals surface area contributed by atoms with Crippen molar-refractivity contribution < 1.29 is 9.18 Å². The van der Waals surface area contributed by atoms with E-state index in [9.17, 15) is 9.18 Å². The molecule has 0 saturated carbocycles. The van der Waals surface area contributed by atoms with Gasteiger partial charge in [-0.1, -0.05) is 25.4 Å². The van der Waals surface area contributed by atoms with E-state index in [0.29, 0.717) is 30.2 Å². The third-order valence-corrected chi connectivity index (χ3v) is 3.75. The van der Waals surface area contributed by atoms with Crippen molar-refractivity contribution in [3.63, 3.8) is 0 Å². The van der Waals surface area contributed by atoms with Gasteiger partial charge in [-0.15, -0.1) is 0 Å². The average molecular weight is 350 g/mol. The van der Waals surface area contributed by atoms with E-state index in [-0.39, 0.29) is 10.9 Å². The molecule has 0 spiro atoms. The van der Waals surface area contributed by atoms with Gasteiger partial charge in [0.2, 0.25) is 0 Å². The highest BCUT2D eigenvalue weighted by molar-refractivity contribution is 6.31. The lowest BCUT2D eigenvalue weighted by Crippen LogP contribution is -2.33. The highest BCUT2D eigenvalue weighted by Crippen LogP contribution is 2.23. The number of anilines is 2. The molecule has 0 bridgehead atoms. The highest BCUT2D eigenvalue weighted by atomic mass is 35.5. The molecule has 1 amide bonds. The standard InChI is InChI=1S/C18H21ClFN3O/c1-3-9-23(10-4-2)18(24)17-12-14(7-8-21-17)22-13-5-6-16(20)15(19)11-13/h5-8,11-12H,3-4,9-10H2,1-2H3,(H,21,22). The summed E-state index contributed by atoms with van der Waals surface area (Å²) in [6, 6.07) is 7.82. The van der Waals surface area contributed by atoms with E-state index in [0.717, 1.165) is 12.8 Å². The summed E-state index contributed by atoms with van der Waals surface area (Å²) in [6.07, 6.45) is 3.38. The van der Waals surface area contributed by atoms with E-state index in [1.165, 1.54) is 12.1 Å². The van der Waals surface area contributed by atoms with Crippen molar-refractivity contribution in [3.05, 3.63) is 53.1 Å². The van der Waals surface area contributed by atoms with Gasteiger partial charge in [0.25, 0.3) is 5.91 Å². The van der Waals surface area contributed by atoms with E-state index in [4.69, 9.17) is 11.6 Å². The van der Waals surface area contributed by atoms with Crippen LogP contribution in [0.25, 0.3) is 0 Å². The second-order valence-electron chi connectivity index (χ2n) is 5.48. The number of rotatable bonds is 7. The smallest absolute Gasteiger partial charge is 0.272 e. The van der Waals surface area contributed by atoms with Gasteiger partial charge in [-0.05, 0) is 43.2 Å². The first kappa shape index (κ1) is 18.2. The van der Waals surface area contributed by atoms with Gasteiger partial charge in [-0.3, -0.25) is 9.78 Å². The second kappa shape index (κ2) is 8.64. The van der Waals surface area contributed by atoms with Gasteiger partial charge in [0.05, 0.1) is 5.02 Å². The fraction of sp³-hybridized carbons (Fsp3) is 0.333. The summed E-state index contributed by atoms with van der Waals surface area (Å²) in [5.41, 5.74) is 1.73. The fourth-order valence-corrected chi connectivity index (χ4v) is 2.56. The molecule has 0 atom stereocenters. The Bertz CT molecular complexity index is 702. The number of halogens is 2. The lowest BCUT2D eigenvalue weighted by atomic mass is 10.2. The summed E-state index contributed by atoms with van der Waals surface area (Å²) in [5.74, 6) is -0.554. The lowest BCUT2D eigenvalue weighted by molar-refractivity contribution is 0.0749. The second-order valence-corrected chi connectivity index (χ2v) is 5.88. The Hall–Kier alpha value is -2.14. The monoisotopic (exact) mass is 349 g/mol. The van der Waals surface area contributed by atoms with Crippen LogP contribution >= 0.6 is 11.6 Å². The molecule has 24 heavy (non-hydrogen) atoms. The van der Waals surface area contributed by atoms with Crippen molar-refractivity contribution in [2.24, 2.45) is 0 Å². The van der Waals surface area contributed by atoms with Gasteiger partial charge >= 0.3 is 0 Å². The molecule has 0 aliphatic rings. The van der Waals surface area contributed by atoms with Crippen molar-refractivity contribution in [2.45, 2.75) is 26.7 Å². The minimum Gasteiger partial charge on any atom is -0.355 e. The average Bonchev–Trinajstić information content (AvgIpc) is 2.58. The highest BCUT2D eigenvalue weighted by Gasteiger charge is 2.16. The minimum absolute atomic E-state index is 0.0439. The first-order valence-electron chi connectivity index (χ1n) is 8.02. The van der Waals surface area contributed by atoms with Crippen molar-refractivity contribution in [1.29, 1.82) is 0 Å². The number of carbonyl (C=O) groups is 1. The van der Waals surface area contributed by atoms with Crippen LogP contribution in [0, 0.1) is 5.82 Å². The SMILES string of the molecule is CCCN(CCC)C(=O)c1cc(Nc2ccc(F)c(Cl)c2)ccn1. The molecule has 1 aromatic carbocycles. The third-order valence-electron chi connectivity index (χ3n) is 3.46. The zero-order valence-electron chi connectivity index (χ0n) is 13.9. The van der Waals surface area contributed by atoms with E-state index < -0.39 is 5.82 Å². The number of benzene rings is 1. The van der Waals surface area contributed by atoms with Crippen molar-refractivity contribution >= 4 is 28.9 Å². The normalized spacial score (nSPS) is 10.5. The van der Waals surface area contributed by atoms with E-state index in [1.54, 1.807) is 29.3 Å². The quantitative estimate of drug-likeness (QED) is 0.774. The van der Waals surface area contributed by atoms with Gasteiger partial charge in [-0.2, -0.15) is 0 Å². The summed E-state index contributed by atoms with van der Waals surface area (Å²) >= 11 is 5.78. The molecule has 128 valence electrons. The molecule has 4 nitrogen and oxygen atoms in total. The number of nitrogens with zero attached hydrogens (tertiary/aromatic N) is 2. The van der Waals surface area contributed by atoms with Crippen LogP contribution in [0.5, 0.6) is 0 Å². The predicted octanol–water partition coefficient (Wildman–Crippen LogP) is 4.88. The Morgan fingerprint density at radius 1 is 1.17 bits per heavy atom. The number of hydrogen-bond acceptors (Lipinski definition) is 3. The number of hydrogen-bond donors (Lipinski definition) is 1. The molecule has 1 heterocycles. The first-order valence-corrected chi connectivity index (χ1v) is 8.40. The lowest BCUT2D eigenvalue weighted by Gasteiger charge is -2.21. The molecule has 0 fully saturated rings. The Kier molecular flexibility index (Phi) is 6.55. The largest absolute Gasteiger partial charge is 0.355 e. The van der Waals surface area contributed by atoms with Crippen LogP contribution in [0.15, 0.2) is 36.5 Å². The first-order chi connectivity index (χ1) is 11.5. The van der Waals surface area contributed by atoms with Crippen molar-refractivity contribution in [2.75, 3.05) is 18.4 Å². The molecule has 6 heteroatoms. The van der Waals surface area contributed by atoms with Crippen molar-refractivity contribution in [3.8, 4) is 0 Å². The van der Waals surface area contributed by atoms with Gasteiger partial charge in [-0.25, -0.2) is 4.39 Å². The van der Waals surface area contributed by atoms with E-state index >= 15 is 0 Å². The van der Waals surface area contributed by atoms with Crippen LogP contribution in [-0.4, -0.2) is 28.9 Å². The summed E-state index contributed by atoms with van der Waals surface area (Å²) in [5, 5.41) is 3.15. The third kappa shape index (κ3) is 4.68. The summed E-state index contributed by atoms with van der Waals surface area (Å²) < 4.78 is 13.2. The van der Waals surface area contributed by atoms with Crippen LogP contribution in [0.2, 0.25) is 5.02 Å². The molecule has 0 radical (unpaired) electrons. The number of amides is 1. The maximum atomic E-state index is 13.2. The molecular formula is C18H21ClFN3O. The molecule has 2 rings (SSSR count). The van der Waals surface area contributed by atoms with Gasteiger partial charge in [0.15, 0.2) is 0 Å². The van der Waals surface area contributed by atoms with Crippen LogP contribution < -0.4 is 5.32 Å². The van der Waals surface area contributed by atoms with Crippen molar-refractivity contribution in [1.82, 2.24) is 9.88 Å². The number of nitrogens with one attached hydrogen (secondary N) is 1. The maximum Gasteiger partial charge on any atom is 0.272 e. The topological polar surface area (TPSA) is 45.2 Å². The Morgan fingerprint density at radius 3 is 2.46 bits per heavy atom. The fourth-order valence-electron chi connectivity index (χ4n) is 2.38. The van der Waals surface area contributed by atoms with Gasteiger partial charge in [0, 0.05) is 30.7 Å². The van der Waals surface area contributed by atoms with Crippen LogP contribution in [0.1, 0.15) is 37.2 Å². The predicted molar refractivity (Wildman–Crippen MR) is 95.4 cm³/mol. The number of pyridine rings is 1. The maximum absolute atomic E-state index is 13.2. The molecular weight excluding hydrogens is 329 g/mol. The summed E-state index contributed by atoms with van der Waals surface area (Å²) in [7, 11) is 0. The summed E-state index contributed by atoms with van der Waals surface area (Å²) in [6.45, 7) is 5.50. The molecule has 1 aromatic heterocycles. The minimum atomic E-state index is -0.470. The Morgan fingerprint density at radius 2 is 1.83 bits per heavy atom. The molecule has 2 aromatic rings. The van der Waals surface area contributed by atoms with E-state index in [2.05, 4.69) is 10.3 Å². The van der Waals surface area contributed by atoms with Crippen LogP contribution in [-0.2, 0) is 0 Å². The van der Waals surface area contributed by atoms with Crippen LogP contribution in [0.3, 0.4) is 0 Å². The number of carbonyl (C=O) groups excluding carboxylic acids is 1. The summed E-state index contributed by atoms with van der Waals surface area (Å²) in [4.78, 5) is 18.6. The number of aromatic nitrogens is 1. The zero-order chi connectivity index (χ0) is 17.5. The molecule has 0 saturated heterocycles. The van der Waals surface area contributed by atoms with Gasteiger partial charge in [0.1, 0.15) is 11.5 Å². The van der Waals surface area contributed by atoms with Crippen LogP contribution in [0.4, 0.5) is 15.8 Å². The molecule has 0 aliphatic heterocycles. The zero-order valence-corrected chi connectivity index (χ0v) is 14.6. The molecule has 0 aliphatic carbocycles. The molecule has 1 N–H and O–H groups in total. The Balaban J connectivity index is 2.18. The van der Waals surface area contributed by atoms with E-state index in [1.807, 2.05) is 13.8 Å². The Labute approximate surface area is 146 Å². The molecule has 0 unspecified atom stereocenters.